The van der Waals surface area contributed by atoms with Gasteiger partial charge in [0.25, 0.3) is 5.56 Å². The van der Waals surface area contributed by atoms with Gasteiger partial charge in [0.1, 0.15) is 5.82 Å². The third-order valence-corrected chi connectivity index (χ3v) is 2.22. The predicted molar refractivity (Wildman–Crippen MR) is 58.1 cm³/mol. The fraction of sp³-hybridized carbons (Fsp3) is 0.0909. The largest absolute Gasteiger partial charge is 0.326 e. The average molecular weight is 219 g/mol. The molecule has 4 nitrogen and oxygen atoms in total. The molecule has 2 aromatic rings. The van der Waals surface area contributed by atoms with Crippen LogP contribution < -0.4 is 11.3 Å². The number of H-pyrrole nitrogens is 1. The normalized spacial score (nSPS) is 10.4. The number of nitrogens with two attached hydrogens (primary N) is 1. The maximum absolute atomic E-state index is 12.7. The topological polar surface area (TPSA) is 71.8 Å². The van der Waals surface area contributed by atoms with E-state index in [9.17, 15) is 9.18 Å². The van der Waals surface area contributed by atoms with Crippen LogP contribution in [-0.2, 0) is 6.54 Å². The Morgan fingerprint density at radius 1 is 1.31 bits per heavy atom. The van der Waals surface area contributed by atoms with E-state index in [-0.39, 0.29) is 17.9 Å². The van der Waals surface area contributed by atoms with Crippen molar-refractivity contribution in [3.05, 3.63) is 52.1 Å². The number of hydrogen-bond donors (Lipinski definition) is 2. The maximum Gasteiger partial charge on any atom is 0.264 e. The standard InChI is InChI=1S/C11H10FN3O/c12-9-3-1-7(2-4-9)11-8(6-13)5-10(16)14-15-11/h1-5H,6,13H2,(H,14,16). The molecule has 1 heterocycles. The van der Waals surface area contributed by atoms with Crippen molar-refractivity contribution in [1.29, 1.82) is 0 Å². The lowest BCUT2D eigenvalue weighted by atomic mass is 10.1. The molecule has 1 aromatic heterocycles. The molecular formula is C11H10FN3O. The third-order valence-electron chi connectivity index (χ3n) is 2.22. The number of nitrogens with one attached hydrogen (secondary N) is 1. The lowest BCUT2D eigenvalue weighted by Crippen LogP contribution is -2.12. The first kappa shape index (κ1) is 10.5. The monoisotopic (exact) mass is 219 g/mol. The average Bonchev–Trinajstić information content (AvgIpc) is 2.30. The zero-order valence-electron chi connectivity index (χ0n) is 8.40. The van der Waals surface area contributed by atoms with Crippen molar-refractivity contribution in [1.82, 2.24) is 10.2 Å². The van der Waals surface area contributed by atoms with Crippen molar-refractivity contribution in [2.75, 3.05) is 0 Å². The molecule has 1 aromatic carbocycles. The van der Waals surface area contributed by atoms with Crippen LogP contribution in [0.5, 0.6) is 0 Å². The molecular weight excluding hydrogens is 209 g/mol. The van der Waals surface area contributed by atoms with E-state index >= 15 is 0 Å². The number of benzene rings is 1. The van der Waals surface area contributed by atoms with Crippen LogP contribution >= 0.6 is 0 Å². The van der Waals surface area contributed by atoms with Crippen LogP contribution in [0.3, 0.4) is 0 Å². The van der Waals surface area contributed by atoms with Crippen molar-refractivity contribution in [2.24, 2.45) is 5.73 Å². The molecule has 3 N–H and O–H groups in total. The summed E-state index contributed by atoms with van der Waals surface area (Å²) in [6, 6.07) is 7.25. The van der Waals surface area contributed by atoms with Crippen LogP contribution in [0, 0.1) is 5.82 Å². The number of aromatic nitrogens is 2. The highest BCUT2D eigenvalue weighted by molar-refractivity contribution is 5.62. The van der Waals surface area contributed by atoms with Gasteiger partial charge in [-0.1, -0.05) is 0 Å². The van der Waals surface area contributed by atoms with E-state index in [0.29, 0.717) is 11.3 Å². The summed E-state index contributed by atoms with van der Waals surface area (Å²) in [7, 11) is 0. The highest BCUT2D eigenvalue weighted by atomic mass is 19.1. The summed E-state index contributed by atoms with van der Waals surface area (Å²) >= 11 is 0. The first-order chi connectivity index (χ1) is 7.70. The van der Waals surface area contributed by atoms with Crippen LogP contribution in [0.25, 0.3) is 11.3 Å². The van der Waals surface area contributed by atoms with Crippen LogP contribution in [0.1, 0.15) is 5.56 Å². The molecule has 0 aliphatic rings. The summed E-state index contributed by atoms with van der Waals surface area (Å²) in [5.74, 6) is -0.317. The van der Waals surface area contributed by atoms with E-state index in [1.807, 2.05) is 0 Å². The second kappa shape index (κ2) is 4.24. The van der Waals surface area contributed by atoms with Crippen molar-refractivity contribution >= 4 is 0 Å². The summed E-state index contributed by atoms with van der Waals surface area (Å²) in [5.41, 5.74) is 7.15. The number of nitrogens with zero attached hydrogens (tertiary/aromatic N) is 1. The summed E-state index contributed by atoms with van der Waals surface area (Å²) in [6.07, 6.45) is 0. The van der Waals surface area contributed by atoms with E-state index in [1.54, 1.807) is 12.1 Å². The molecule has 0 amide bonds. The van der Waals surface area contributed by atoms with Gasteiger partial charge in [-0.3, -0.25) is 4.79 Å². The molecule has 0 spiro atoms. The molecule has 0 saturated heterocycles. The quantitative estimate of drug-likeness (QED) is 0.792. The van der Waals surface area contributed by atoms with Gasteiger partial charge in [0.15, 0.2) is 0 Å². The van der Waals surface area contributed by atoms with E-state index < -0.39 is 0 Å². The molecule has 0 fully saturated rings. The molecule has 0 unspecified atom stereocenters. The summed E-state index contributed by atoms with van der Waals surface area (Å²) in [6.45, 7) is 0.212. The summed E-state index contributed by atoms with van der Waals surface area (Å²) in [5, 5.41) is 6.24. The Hall–Kier alpha value is -2.01. The van der Waals surface area contributed by atoms with Crippen LogP contribution in [-0.4, -0.2) is 10.2 Å². The molecule has 0 radical (unpaired) electrons. The molecule has 0 saturated carbocycles. The first-order valence-corrected chi connectivity index (χ1v) is 4.75. The van der Waals surface area contributed by atoms with Crippen LogP contribution in [0.2, 0.25) is 0 Å². The first-order valence-electron chi connectivity index (χ1n) is 4.75. The second-order valence-corrected chi connectivity index (χ2v) is 3.32. The van der Waals surface area contributed by atoms with Gasteiger partial charge in [-0.05, 0) is 29.8 Å². The van der Waals surface area contributed by atoms with Gasteiger partial charge in [0.2, 0.25) is 0 Å². The smallest absolute Gasteiger partial charge is 0.264 e. The van der Waals surface area contributed by atoms with Gasteiger partial charge < -0.3 is 5.73 Å². The SMILES string of the molecule is NCc1cc(=O)[nH]nc1-c1ccc(F)cc1. The minimum absolute atomic E-state index is 0.212. The number of halogens is 1. The van der Waals surface area contributed by atoms with Crippen molar-refractivity contribution in [2.45, 2.75) is 6.54 Å². The minimum atomic E-state index is -0.317. The van der Waals surface area contributed by atoms with Gasteiger partial charge in [-0.25, -0.2) is 9.49 Å². The van der Waals surface area contributed by atoms with Crippen LogP contribution in [0.15, 0.2) is 35.1 Å². The molecule has 0 atom stereocenters. The molecule has 16 heavy (non-hydrogen) atoms. The lowest BCUT2D eigenvalue weighted by Gasteiger charge is -2.05. The summed E-state index contributed by atoms with van der Waals surface area (Å²) < 4.78 is 12.7. The molecule has 5 heteroatoms. The second-order valence-electron chi connectivity index (χ2n) is 3.32. The Balaban J connectivity index is 2.55. The van der Waals surface area contributed by atoms with E-state index in [2.05, 4.69) is 10.2 Å². The third kappa shape index (κ3) is 1.99. The van der Waals surface area contributed by atoms with Crippen molar-refractivity contribution < 1.29 is 4.39 Å². The Morgan fingerprint density at radius 2 is 2.00 bits per heavy atom. The van der Waals surface area contributed by atoms with Crippen molar-refractivity contribution in [3.63, 3.8) is 0 Å². The van der Waals surface area contributed by atoms with E-state index in [4.69, 9.17) is 5.73 Å². The van der Waals surface area contributed by atoms with Gasteiger partial charge in [0, 0.05) is 18.2 Å². The fourth-order valence-corrected chi connectivity index (χ4v) is 1.45. The maximum atomic E-state index is 12.7. The molecule has 82 valence electrons. The van der Waals surface area contributed by atoms with Gasteiger partial charge in [-0.2, -0.15) is 5.10 Å². The van der Waals surface area contributed by atoms with E-state index in [0.717, 1.165) is 5.56 Å². The molecule has 0 aliphatic carbocycles. The predicted octanol–water partition coefficient (Wildman–Crippen LogP) is 1.03. The van der Waals surface area contributed by atoms with Gasteiger partial charge >= 0.3 is 0 Å². The molecule has 0 bridgehead atoms. The Bertz CT molecular complexity index is 548. The zero-order valence-corrected chi connectivity index (χ0v) is 8.40. The Kier molecular flexibility index (Phi) is 2.78. The lowest BCUT2D eigenvalue weighted by molar-refractivity contribution is 0.628. The van der Waals surface area contributed by atoms with Gasteiger partial charge in [0.05, 0.1) is 5.69 Å². The van der Waals surface area contributed by atoms with E-state index in [1.165, 1.54) is 18.2 Å². The minimum Gasteiger partial charge on any atom is -0.326 e. The number of hydrogen-bond acceptors (Lipinski definition) is 3. The van der Waals surface area contributed by atoms with Gasteiger partial charge in [-0.15, -0.1) is 0 Å². The fourth-order valence-electron chi connectivity index (χ4n) is 1.45. The molecule has 2 rings (SSSR count). The Labute approximate surface area is 90.9 Å². The number of aromatic amines is 1. The molecule has 0 aliphatic heterocycles. The van der Waals surface area contributed by atoms with Crippen LogP contribution in [0.4, 0.5) is 4.39 Å². The van der Waals surface area contributed by atoms with Crippen molar-refractivity contribution in [3.8, 4) is 11.3 Å². The number of rotatable bonds is 2. The highest BCUT2D eigenvalue weighted by Gasteiger charge is 2.06. The highest BCUT2D eigenvalue weighted by Crippen LogP contribution is 2.19. The zero-order chi connectivity index (χ0) is 11.5. The summed E-state index contributed by atoms with van der Waals surface area (Å²) in [4.78, 5) is 11.1. The Morgan fingerprint density at radius 3 is 2.62 bits per heavy atom.